The van der Waals surface area contributed by atoms with Crippen molar-refractivity contribution in [2.24, 2.45) is 11.8 Å². The number of nitrogens with one attached hydrogen (secondary N) is 1. The fourth-order valence-corrected chi connectivity index (χ4v) is 7.32. The lowest BCUT2D eigenvalue weighted by atomic mass is 9.79. The molecule has 1 aliphatic heterocycles. The van der Waals surface area contributed by atoms with Crippen LogP contribution in [-0.2, 0) is 0 Å². The quantitative estimate of drug-likeness (QED) is 0.363. The van der Waals surface area contributed by atoms with E-state index in [1.807, 2.05) is 25.8 Å². The van der Waals surface area contributed by atoms with Crippen molar-refractivity contribution in [2.45, 2.75) is 116 Å². The fourth-order valence-electron chi connectivity index (χ4n) is 5.95. The number of fused-ring (bicyclic) bond motifs is 1. The Kier molecular flexibility index (Phi) is 10.7. The van der Waals surface area contributed by atoms with Gasteiger partial charge in [-0.1, -0.05) is 58.4 Å². The minimum atomic E-state index is -0.352. The Hall–Kier alpha value is -1.78. The van der Waals surface area contributed by atoms with Crippen molar-refractivity contribution in [3.8, 4) is 0 Å². The third-order valence-electron chi connectivity index (χ3n) is 8.56. The molecule has 4 rings (SSSR count). The van der Waals surface area contributed by atoms with Crippen LogP contribution in [0.3, 0.4) is 0 Å². The molecule has 1 amide bonds. The Bertz CT molecular complexity index is 1020. The van der Waals surface area contributed by atoms with Gasteiger partial charge in [-0.05, 0) is 118 Å². The molecule has 1 N–H and O–H groups in total. The molecule has 1 saturated carbocycles. The summed E-state index contributed by atoms with van der Waals surface area (Å²) >= 11 is 1.90. The summed E-state index contributed by atoms with van der Waals surface area (Å²) in [5, 5.41) is 3.37. The standard InChI is InChI=1S/C31H44N2OS.C2H6/c1-7-21(2)25-13-10-15-27(19-25)31(5,6)32-30(34)26-18-22(3)23(4)29(20-26)35-33-17-11-14-24-12-8-9-16-28(24)33;1-2/h10,13,18-20,24,27-28H,2,7-9,11-12,14-17H2,1,3-6H3,(H,32,34);1-2H3. The number of nitrogens with zero attached hydrogens (tertiary/aromatic N) is 1. The summed E-state index contributed by atoms with van der Waals surface area (Å²) in [6.07, 6.45) is 16.7. The molecule has 0 aromatic heterocycles. The smallest absolute Gasteiger partial charge is 0.251 e. The minimum Gasteiger partial charge on any atom is -0.347 e. The zero-order chi connectivity index (χ0) is 27.2. The van der Waals surface area contributed by atoms with Crippen LogP contribution in [0.5, 0.6) is 0 Å². The first-order valence-corrected chi connectivity index (χ1v) is 15.4. The van der Waals surface area contributed by atoms with Gasteiger partial charge in [0, 0.05) is 34.5 Å². The Labute approximate surface area is 231 Å². The first-order chi connectivity index (χ1) is 17.7. The second kappa shape index (κ2) is 13.3. The van der Waals surface area contributed by atoms with Crippen LogP contribution in [0.4, 0.5) is 0 Å². The molecular formula is C33H50N2OS. The van der Waals surface area contributed by atoms with Crippen LogP contribution in [0.15, 0.2) is 53.0 Å². The minimum absolute atomic E-state index is 0.0213. The van der Waals surface area contributed by atoms with Crippen molar-refractivity contribution >= 4 is 17.9 Å². The van der Waals surface area contributed by atoms with Crippen LogP contribution in [0, 0.1) is 25.7 Å². The van der Waals surface area contributed by atoms with Gasteiger partial charge in [0.15, 0.2) is 0 Å². The van der Waals surface area contributed by atoms with E-state index in [9.17, 15) is 4.79 Å². The van der Waals surface area contributed by atoms with Crippen LogP contribution >= 0.6 is 11.9 Å². The molecular weight excluding hydrogens is 472 g/mol. The second-order valence-electron chi connectivity index (χ2n) is 11.4. The van der Waals surface area contributed by atoms with Crippen molar-refractivity contribution in [1.29, 1.82) is 0 Å². The number of rotatable bonds is 7. The molecule has 37 heavy (non-hydrogen) atoms. The first-order valence-electron chi connectivity index (χ1n) is 14.6. The lowest BCUT2D eigenvalue weighted by Gasteiger charge is -2.43. The van der Waals surface area contributed by atoms with Crippen LogP contribution in [-0.4, -0.2) is 28.3 Å². The van der Waals surface area contributed by atoms with Crippen molar-refractivity contribution in [2.75, 3.05) is 6.54 Å². The number of carbonyl (C=O) groups excluding carboxylic acids is 1. The topological polar surface area (TPSA) is 32.3 Å². The number of hydrogen-bond acceptors (Lipinski definition) is 3. The van der Waals surface area contributed by atoms with Crippen LogP contribution in [0.25, 0.3) is 0 Å². The van der Waals surface area contributed by atoms with Gasteiger partial charge in [-0.25, -0.2) is 4.31 Å². The van der Waals surface area contributed by atoms with Crippen LogP contribution in [0.2, 0.25) is 0 Å². The Morgan fingerprint density at radius 3 is 2.57 bits per heavy atom. The summed E-state index contributed by atoms with van der Waals surface area (Å²) in [5.41, 5.74) is 5.27. The van der Waals surface area contributed by atoms with E-state index < -0.39 is 0 Å². The van der Waals surface area contributed by atoms with Crippen molar-refractivity contribution in [3.05, 3.63) is 64.8 Å². The predicted octanol–water partition coefficient (Wildman–Crippen LogP) is 8.97. The second-order valence-corrected chi connectivity index (χ2v) is 12.5. The lowest BCUT2D eigenvalue weighted by molar-refractivity contribution is 0.0893. The average molecular weight is 523 g/mol. The van der Waals surface area contributed by atoms with Gasteiger partial charge in [-0.3, -0.25) is 4.79 Å². The lowest BCUT2D eigenvalue weighted by Crippen LogP contribution is -2.49. The van der Waals surface area contributed by atoms with E-state index in [0.29, 0.717) is 6.04 Å². The van der Waals surface area contributed by atoms with E-state index in [4.69, 9.17) is 0 Å². The van der Waals surface area contributed by atoms with Gasteiger partial charge in [0.05, 0.1) is 0 Å². The fraction of sp³-hybridized carbons (Fsp3) is 0.606. The summed E-state index contributed by atoms with van der Waals surface area (Å²) in [6.45, 7) is 20.1. The van der Waals surface area contributed by atoms with Gasteiger partial charge in [0.2, 0.25) is 0 Å². The highest BCUT2D eigenvalue weighted by molar-refractivity contribution is 7.97. The monoisotopic (exact) mass is 522 g/mol. The van der Waals surface area contributed by atoms with E-state index in [1.54, 1.807) is 0 Å². The van der Waals surface area contributed by atoms with Gasteiger partial charge in [0.25, 0.3) is 5.91 Å². The maximum Gasteiger partial charge on any atom is 0.251 e. The maximum absolute atomic E-state index is 13.5. The van der Waals surface area contributed by atoms with Gasteiger partial charge in [-0.2, -0.15) is 0 Å². The molecule has 0 radical (unpaired) electrons. The van der Waals surface area contributed by atoms with Crippen molar-refractivity contribution in [1.82, 2.24) is 9.62 Å². The first kappa shape index (κ1) is 29.8. The van der Waals surface area contributed by atoms with Gasteiger partial charge >= 0.3 is 0 Å². The number of benzene rings is 1. The molecule has 0 bridgehead atoms. The number of aryl methyl sites for hydroxylation is 1. The van der Waals surface area contributed by atoms with E-state index in [0.717, 1.165) is 36.4 Å². The zero-order valence-corrected chi connectivity index (χ0v) is 25.3. The molecule has 3 aliphatic rings. The highest BCUT2D eigenvalue weighted by Gasteiger charge is 2.34. The average Bonchev–Trinajstić information content (AvgIpc) is 2.91. The molecule has 204 valence electrons. The normalized spacial score (nSPS) is 23.9. The molecule has 1 aromatic carbocycles. The molecule has 3 unspecified atom stereocenters. The molecule has 2 aliphatic carbocycles. The summed E-state index contributed by atoms with van der Waals surface area (Å²) in [4.78, 5) is 14.8. The number of piperidine rings is 1. The number of amides is 1. The van der Waals surface area contributed by atoms with Crippen molar-refractivity contribution < 1.29 is 4.79 Å². The Morgan fingerprint density at radius 1 is 1.14 bits per heavy atom. The zero-order valence-electron chi connectivity index (χ0n) is 24.5. The molecule has 0 spiro atoms. The van der Waals surface area contributed by atoms with Gasteiger partial charge < -0.3 is 5.32 Å². The van der Waals surface area contributed by atoms with Crippen LogP contribution in [0.1, 0.15) is 107 Å². The summed E-state index contributed by atoms with van der Waals surface area (Å²) in [7, 11) is 0. The summed E-state index contributed by atoms with van der Waals surface area (Å²) in [6, 6.07) is 4.88. The molecule has 3 nitrogen and oxygen atoms in total. The van der Waals surface area contributed by atoms with Gasteiger partial charge in [-0.15, -0.1) is 0 Å². The Morgan fingerprint density at radius 2 is 1.84 bits per heavy atom. The number of allylic oxidation sites excluding steroid dienone is 4. The largest absolute Gasteiger partial charge is 0.347 e. The highest BCUT2D eigenvalue weighted by atomic mass is 32.2. The van der Waals surface area contributed by atoms with E-state index in [-0.39, 0.29) is 17.4 Å². The number of hydrogen-bond donors (Lipinski definition) is 1. The molecule has 1 heterocycles. The van der Waals surface area contributed by atoms with Gasteiger partial charge in [0.1, 0.15) is 0 Å². The molecule has 3 atom stereocenters. The Balaban J connectivity index is 0.00000186. The predicted molar refractivity (Wildman–Crippen MR) is 161 cm³/mol. The van der Waals surface area contributed by atoms with Crippen LogP contribution < -0.4 is 5.32 Å². The van der Waals surface area contributed by atoms with E-state index in [2.05, 4.69) is 81.2 Å². The molecule has 1 aromatic rings. The molecule has 2 fully saturated rings. The number of carbonyl (C=O) groups is 1. The van der Waals surface area contributed by atoms with E-state index >= 15 is 0 Å². The maximum atomic E-state index is 13.5. The molecule has 1 saturated heterocycles. The third kappa shape index (κ3) is 7.20. The third-order valence-corrected chi connectivity index (χ3v) is 9.86. The van der Waals surface area contributed by atoms with E-state index in [1.165, 1.54) is 60.1 Å². The highest BCUT2D eigenvalue weighted by Crippen LogP contribution is 2.41. The van der Waals surface area contributed by atoms with Crippen molar-refractivity contribution in [3.63, 3.8) is 0 Å². The SMILES string of the molecule is C=C(CC)C1=CC(C(C)(C)NC(=O)c2cc(C)c(C)c(SN3CCCC4CCCCC43)c2)CC=C1.CC. The summed E-state index contributed by atoms with van der Waals surface area (Å²) < 4.78 is 2.64. The molecule has 4 heteroatoms. The summed E-state index contributed by atoms with van der Waals surface area (Å²) in [5.74, 6) is 1.12.